The predicted octanol–water partition coefficient (Wildman–Crippen LogP) is 2.24. The van der Waals surface area contributed by atoms with Crippen LogP contribution in [0, 0.1) is 0 Å². The number of halogens is 1. The average Bonchev–Trinajstić information content (AvgIpc) is 3.53. The van der Waals surface area contributed by atoms with Crippen LogP contribution in [0.15, 0.2) is 145 Å². The SMILES string of the molecule is CC1(C)C(/C=C/C(=C/C=C2\N(Cc3ccccc3B(O)O)c3ccccc3C2(C)C)c2ccc(C(=O)O)cn2)=[N+](Cc2ccccc2B(O)O)c2ccccc21.[Br-]. The summed E-state index contributed by atoms with van der Waals surface area (Å²) < 4.78 is 2.20. The quantitative estimate of drug-likeness (QED) is 0.0779. The molecule has 57 heavy (non-hydrogen) atoms. The number of aromatic carboxylic acids is 1. The molecule has 2 aliphatic rings. The molecular weight excluding hydrogens is 780 g/mol. The Hall–Kier alpha value is -5.36. The van der Waals surface area contributed by atoms with Crippen molar-refractivity contribution in [2.75, 3.05) is 4.90 Å². The van der Waals surface area contributed by atoms with E-state index in [9.17, 15) is 30.0 Å². The zero-order chi connectivity index (χ0) is 39.8. The Kier molecular flexibility index (Phi) is 12.0. The second-order valence-electron chi connectivity index (χ2n) is 15.2. The summed E-state index contributed by atoms with van der Waals surface area (Å²) in [6.45, 7) is 9.46. The molecule has 1 aromatic heterocycles. The van der Waals surface area contributed by atoms with Gasteiger partial charge in [0.05, 0.1) is 16.7 Å². The highest BCUT2D eigenvalue weighted by Gasteiger charge is 2.44. The Morgan fingerprint density at radius 2 is 1.35 bits per heavy atom. The van der Waals surface area contributed by atoms with Crippen molar-refractivity contribution in [3.8, 4) is 0 Å². The molecule has 288 valence electrons. The van der Waals surface area contributed by atoms with Crippen molar-refractivity contribution in [2.45, 2.75) is 51.6 Å². The summed E-state index contributed by atoms with van der Waals surface area (Å²) in [5.74, 6) is -1.06. The molecule has 12 heteroatoms. The van der Waals surface area contributed by atoms with E-state index < -0.39 is 31.0 Å². The van der Waals surface area contributed by atoms with Gasteiger partial charge in [-0.15, -0.1) is 0 Å². The number of allylic oxidation sites excluding steroid dienone is 6. The van der Waals surface area contributed by atoms with Gasteiger partial charge in [-0.3, -0.25) is 4.98 Å². The summed E-state index contributed by atoms with van der Waals surface area (Å²) in [5, 5.41) is 50.5. The maximum atomic E-state index is 11.8. The normalized spacial score (nSPS) is 16.1. The van der Waals surface area contributed by atoms with E-state index in [-0.39, 0.29) is 22.5 Å². The number of pyridine rings is 1. The number of carbonyl (C=O) groups is 1. The fraction of sp³-hybridized carbons (Fsp3) is 0.178. The van der Waals surface area contributed by atoms with Gasteiger partial charge in [-0.05, 0) is 66.3 Å². The van der Waals surface area contributed by atoms with Crippen molar-refractivity contribution in [1.82, 2.24) is 4.98 Å². The number of benzene rings is 4. The number of hydrogen-bond acceptors (Lipinski definition) is 7. The average molecular weight is 824 g/mol. The smallest absolute Gasteiger partial charge is 0.488 e. The minimum Gasteiger partial charge on any atom is -1.00 e. The molecular formula is C45H44B2BrN3O6. The molecule has 0 saturated heterocycles. The van der Waals surface area contributed by atoms with Gasteiger partial charge in [0, 0.05) is 58.4 Å². The van der Waals surface area contributed by atoms with Gasteiger partial charge in [-0.1, -0.05) is 105 Å². The highest BCUT2D eigenvalue weighted by Crippen LogP contribution is 2.48. The molecule has 0 fully saturated rings. The Bertz CT molecular complexity index is 2440. The van der Waals surface area contributed by atoms with E-state index in [0.717, 1.165) is 50.6 Å². The van der Waals surface area contributed by atoms with Crippen LogP contribution in [0.3, 0.4) is 0 Å². The third kappa shape index (κ3) is 7.97. The molecule has 9 nitrogen and oxygen atoms in total. The van der Waals surface area contributed by atoms with E-state index in [1.807, 2.05) is 60.7 Å². The molecule has 0 bridgehead atoms. The highest BCUT2D eigenvalue weighted by atomic mass is 79.9. The van der Waals surface area contributed by atoms with Crippen LogP contribution in [-0.4, -0.2) is 60.7 Å². The van der Waals surface area contributed by atoms with Crippen LogP contribution in [-0.2, 0) is 23.9 Å². The van der Waals surface area contributed by atoms with Crippen LogP contribution in [0.4, 0.5) is 11.4 Å². The number of anilines is 1. The van der Waals surface area contributed by atoms with E-state index in [2.05, 4.69) is 78.6 Å². The summed E-state index contributed by atoms with van der Waals surface area (Å²) in [7, 11) is -3.24. The second kappa shape index (κ2) is 16.6. The largest absolute Gasteiger partial charge is 1.00 e. The standard InChI is InChI=1S/C45H43B2N3O6.BrH/c1-44(2)34-15-7-11-19-39(34)49(28-32-13-5-9-17-36(32)46(53)54)41(44)25-22-30(38-24-21-31(27-48-38)43(51)52)23-26-42-45(3,4)35-16-8-12-20-40(35)50(42)29-33-14-6-10-18-37(33)47(55)56;/h5-27,53-56H,28-29H2,1-4H3;1H. The van der Waals surface area contributed by atoms with E-state index in [0.29, 0.717) is 29.7 Å². The summed E-state index contributed by atoms with van der Waals surface area (Å²) in [5.41, 5.74) is 9.24. The lowest BCUT2D eigenvalue weighted by molar-refractivity contribution is -0.454. The maximum absolute atomic E-state index is 11.8. The molecule has 4 aromatic carbocycles. The monoisotopic (exact) mass is 823 g/mol. The molecule has 7 rings (SSSR count). The van der Waals surface area contributed by atoms with Crippen molar-refractivity contribution < 1.29 is 51.6 Å². The molecule has 0 spiro atoms. The molecule has 0 radical (unpaired) electrons. The summed E-state index contributed by atoms with van der Waals surface area (Å²) in [6, 6.07) is 34.3. The lowest BCUT2D eigenvalue weighted by atomic mass is 9.77. The van der Waals surface area contributed by atoms with Gasteiger partial charge >= 0.3 is 20.2 Å². The molecule has 0 saturated carbocycles. The first-order valence-electron chi connectivity index (χ1n) is 18.6. The van der Waals surface area contributed by atoms with E-state index in [1.54, 1.807) is 36.4 Å². The second-order valence-corrected chi connectivity index (χ2v) is 15.2. The third-order valence-corrected chi connectivity index (χ3v) is 11.1. The number of carboxylic acid groups (broad SMARTS) is 1. The predicted molar refractivity (Wildman–Crippen MR) is 223 cm³/mol. The van der Waals surface area contributed by atoms with Gasteiger partial charge in [-0.25, -0.2) is 4.79 Å². The number of nitrogens with zero attached hydrogens (tertiary/aromatic N) is 3. The Labute approximate surface area is 344 Å². The summed E-state index contributed by atoms with van der Waals surface area (Å²) in [6.07, 6.45) is 9.50. The number of fused-ring (bicyclic) bond motifs is 2. The zero-order valence-corrected chi connectivity index (χ0v) is 33.8. The Morgan fingerprint density at radius 1 is 0.754 bits per heavy atom. The number of carboxylic acids is 1. The topological polar surface area (TPSA) is 137 Å². The summed E-state index contributed by atoms with van der Waals surface area (Å²) in [4.78, 5) is 18.6. The number of aromatic nitrogens is 1. The van der Waals surface area contributed by atoms with E-state index in [1.165, 1.54) is 6.20 Å². The molecule has 0 unspecified atom stereocenters. The number of para-hydroxylation sites is 2. The Balaban J connectivity index is 0.00000549. The van der Waals surface area contributed by atoms with E-state index in [4.69, 9.17) is 0 Å². The molecule has 3 heterocycles. The minimum atomic E-state index is -1.62. The van der Waals surface area contributed by atoms with Gasteiger partial charge in [0.15, 0.2) is 12.3 Å². The first-order chi connectivity index (χ1) is 26.8. The van der Waals surface area contributed by atoms with Crippen LogP contribution in [0.5, 0.6) is 0 Å². The lowest BCUT2D eigenvalue weighted by Gasteiger charge is -2.28. The maximum Gasteiger partial charge on any atom is 0.488 e. The lowest BCUT2D eigenvalue weighted by Crippen LogP contribution is -3.00. The van der Waals surface area contributed by atoms with Crippen LogP contribution >= 0.6 is 0 Å². The van der Waals surface area contributed by atoms with Crippen molar-refractivity contribution in [1.29, 1.82) is 0 Å². The molecule has 5 N–H and O–H groups in total. The minimum absolute atomic E-state index is 0. The fourth-order valence-corrected chi connectivity index (χ4v) is 8.08. The van der Waals surface area contributed by atoms with Crippen molar-refractivity contribution in [3.63, 3.8) is 0 Å². The van der Waals surface area contributed by atoms with Gasteiger partial charge in [0.1, 0.15) is 0 Å². The van der Waals surface area contributed by atoms with Crippen LogP contribution in [0.1, 0.15) is 66.0 Å². The van der Waals surface area contributed by atoms with Crippen LogP contribution in [0.2, 0.25) is 0 Å². The van der Waals surface area contributed by atoms with Crippen molar-refractivity contribution in [2.24, 2.45) is 0 Å². The fourth-order valence-electron chi connectivity index (χ4n) is 8.08. The molecule has 0 amide bonds. The highest BCUT2D eigenvalue weighted by molar-refractivity contribution is 6.59. The summed E-state index contributed by atoms with van der Waals surface area (Å²) >= 11 is 0. The van der Waals surface area contributed by atoms with Crippen molar-refractivity contribution in [3.05, 3.63) is 179 Å². The van der Waals surface area contributed by atoms with Gasteiger partial charge < -0.3 is 47.1 Å². The van der Waals surface area contributed by atoms with Crippen LogP contribution in [0.25, 0.3) is 5.57 Å². The number of hydrogen-bond donors (Lipinski definition) is 5. The van der Waals surface area contributed by atoms with Crippen molar-refractivity contribution >= 4 is 53.8 Å². The van der Waals surface area contributed by atoms with E-state index >= 15 is 0 Å². The molecule has 5 aromatic rings. The number of rotatable bonds is 11. The molecule has 0 atom stereocenters. The van der Waals surface area contributed by atoms with Crippen LogP contribution < -0.4 is 32.8 Å². The molecule has 2 aliphatic heterocycles. The third-order valence-electron chi connectivity index (χ3n) is 11.1. The zero-order valence-electron chi connectivity index (χ0n) is 32.2. The first-order valence-corrected chi connectivity index (χ1v) is 18.6. The van der Waals surface area contributed by atoms with Gasteiger partial charge in [-0.2, -0.15) is 4.58 Å². The first kappa shape index (κ1) is 41.3. The Morgan fingerprint density at radius 3 is 2.00 bits per heavy atom. The van der Waals surface area contributed by atoms with Gasteiger partial charge in [0.2, 0.25) is 5.69 Å². The molecule has 0 aliphatic carbocycles. The van der Waals surface area contributed by atoms with Gasteiger partial charge in [0.25, 0.3) is 0 Å².